The third-order valence-corrected chi connectivity index (χ3v) is 4.70. The van der Waals surface area contributed by atoms with Crippen LogP contribution in [0.2, 0.25) is 5.02 Å². The van der Waals surface area contributed by atoms with Gasteiger partial charge in [0.15, 0.2) is 5.13 Å². The maximum atomic E-state index is 12.3. The van der Waals surface area contributed by atoms with Gasteiger partial charge in [-0.15, -0.1) is 0 Å². The van der Waals surface area contributed by atoms with Crippen molar-refractivity contribution in [1.82, 2.24) is 4.98 Å². The molecule has 21 heavy (non-hydrogen) atoms. The fourth-order valence-corrected chi connectivity index (χ4v) is 3.22. The van der Waals surface area contributed by atoms with E-state index in [2.05, 4.69) is 10.3 Å². The number of carbonyl (C=O) groups is 1. The number of fused-ring (bicyclic) bond motifs is 1. The highest BCUT2D eigenvalue weighted by atomic mass is 35.5. The largest absolute Gasteiger partial charge is 0.298 e. The number of amides is 1. The number of halogens is 1. The molecule has 3 rings (SSSR count). The molecule has 0 fully saturated rings. The van der Waals surface area contributed by atoms with Crippen LogP contribution in [-0.4, -0.2) is 10.9 Å². The minimum atomic E-state index is -0.143. The number of hydrogen-bond acceptors (Lipinski definition) is 3. The molecule has 0 aliphatic rings. The van der Waals surface area contributed by atoms with Gasteiger partial charge in [0, 0.05) is 10.6 Å². The van der Waals surface area contributed by atoms with Crippen molar-refractivity contribution in [2.45, 2.75) is 13.8 Å². The highest BCUT2D eigenvalue weighted by Gasteiger charge is 2.13. The predicted octanol–water partition coefficient (Wildman–Crippen LogP) is 4.82. The van der Waals surface area contributed by atoms with E-state index < -0.39 is 0 Å². The highest BCUT2D eigenvalue weighted by Crippen LogP contribution is 2.31. The molecule has 0 radical (unpaired) electrons. The highest BCUT2D eigenvalue weighted by molar-refractivity contribution is 7.22. The van der Waals surface area contributed by atoms with Gasteiger partial charge in [0.2, 0.25) is 0 Å². The van der Waals surface area contributed by atoms with Crippen LogP contribution in [0, 0.1) is 13.8 Å². The molecular formula is C16H13ClN2OS. The Morgan fingerprint density at radius 3 is 2.71 bits per heavy atom. The lowest BCUT2D eigenvalue weighted by molar-refractivity contribution is 0.102. The summed E-state index contributed by atoms with van der Waals surface area (Å²) in [4.78, 5) is 16.8. The van der Waals surface area contributed by atoms with Crippen LogP contribution in [0.15, 0.2) is 36.4 Å². The first-order valence-corrected chi connectivity index (χ1v) is 7.68. The molecular weight excluding hydrogens is 304 g/mol. The zero-order chi connectivity index (χ0) is 15.0. The summed E-state index contributed by atoms with van der Waals surface area (Å²) in [5, 5.41) is 4.13. The number of benzene rings is 2. The maximum absolute atomic E-state index is 12.3. The van der Waals surface area contributed by atoms with E-state index in [-0.39, 0.29) is 5.91 Å². The smallest absolute Gasteiger partial charge is 0.257 e. The van der Waals surface area contributed by atoms with Crippen LogP contribution in [0.4, 0.5) is 5.13 Å². The van der Waals surface area contributed by atoms with Gasteiger partial charge < -0.3 is 0 Å². The van der Waals surface area contributed by atoms with Gasteiger partial charge >= 0.3 is 0 Å². The third-order valence-electron chi connectivity index (χ3n) is 3.36. The van der Waals surface area contributed by atoms with Crippen LogP contribution in [0.1, 0.15) is 21.5 Å². The summed E-state index contributed by atoms with van der Waals surface area (Å²) in [6.07, 6.45) is 0. The van der Waals surface area contributed by atoms with Gasteiger partial charge in [-0.05, 0) is 43.2 Å². The molecule has 0 saturated heterocycles. The lowest BCUT2D eigenvalue weighted by Crippen LogP contribution is -2.12. The number of aryl methyl sites for hydroxylation is 2. The Balaban J connectivity index is 1.94. The first-order valence-electron chi connectivity index (χ1n) is 6.49. The van der Waals surface area contributed by atoms with Gasteiger partial charge in [-0.3, -0.25) is 10.1 Å². The normalized spacial score (nSPS) is 10.8. The SMILES string of the molecule is Cc1ccccc1C(=O)Nc1nc2c(C)c(Cl)ccc2s1. The molecule has 0 spiro atoms. The Bertz CT molecular complexity index is 841. The minimum Gasteiger partial charge on any atom is -0.298 e. The van der Waals surface area contributed by atoms with Crippen molar-refractivity contribution in [2.24, 2.45) is 0 Å². The van der Waals surface area contributed by atoms with E-state index in [9.17, 15) is 4.79 Å². The quantitative estimate of drug-likeness (QED) is 0.736. The molecule has 1 N–H and O–H groups in total. The Morgan fingerprint density at radius 1 is 1.19 bits per heavy atom. The summed E-state index contributed by atoms with van der Waals surface area (Å²) >= 11 is 7.54. The number of aromatic nitrogens is 1. The number of hydrogen-bond donors (Lipinski definition) is 1. The molecule has 5 heteroatoms. The van der Waals surface area contributed by atoms with Crippen molar-refractivity contribution in [3.8, 4) is 0 Å². The molecule has 1 amide bonds. The Hall–Kier alpha value is -1.91. The summed E-state index contributed by atoms with van der Waals surface area (Å²) in [6.45, 7) is 3.84. The second kappa shape index (κ2) is 5.47. The van der Waals surface area contributed by atoms with Crippen molar-refractivity contribution in [1.29, 1.82) is 0 Å². The van der Waals surface area contributed by atoms with E-state index in [1.54, 1.807) is 6.07 Å². The molecule has 0 saturated carbocycles. The van der Waals surface area contributed by atoms with Gasteiger partial charge in [-0.2, -0.15) is 0 Å². The van der Waals surface area contributed by atoms with Crippen molar-refractivity contribution >= 4 is 44.2 Å². The number of nitrogens with zero attached hydrogens (tertiary/aromatic N) is 1. The van der Waals surface area contributed by atoms with Crippen LogP contribution in [0.5, 0.6) is 0 Å². The van der Waals surface area contributed by atoms with Gasteiger partial charge in [0.25, 0.3) is 5.91 Å². The van der Waals surface area contributed by atoms with E-state index in [0.29, 0.717) is 15.7 Å². The molecule has 0 aliphatic carbocycles. The van der Waals surface area contributed by atoms with Gasteiger partial charge in [-0.25, -0.2) is 4.98 Å². The van der Waals surface area contributed by atoms with Gasteiger partial charge in [0.05, 0.1) is 10.2 Å². The molecule has 0 bridgehead atoms. The van der Waals surface area contributed by atoms with Crippen LogP contribution < -0.4 is 5.32 Å². The van der Waals surface area contributed by atoms with Crippen molar-refractivity contribution in [3.63, 3.8) is 0 Å². The lowest BCUT2D eigenvalue weighted by atomic mass is 10.1. The maximum Gasteiger partial charge on any atom is 0.257 e. The van der Waals surface area contributed by atoms with Gasteiger partial charge in [0.1, 0.15) is 0 Å². The summed E-state index contributed by atoms with van der Waals surface area (Å²) in [7, 11) is 0. The summed E-state index contributed by atoms with van der Waals surface area (Å²) in [5.74, 6) is -0.143. The van der Waals surface area contributed by atoms with Crippen LogP contribution in [0.3, 0.4) is 0 Å². The second-order valence-electron chi connectivity index (χ2n) is 4.81. The van der Waals surface area contributed by atoms with Crippen molar-refractivity contribution in [2.75, 3.05) is 5.32 Å². The first kappa shape index (κ1) is 14.0. The number of rotatable bonds is 2. The van der Waals surface area contributed by atoms with E-state index in [1.807, 2.05) is 44.2 Å². The van der Waals surface area contributed by atoms with E-state index in [1.165, 1.54) is 11.3 Å². The Morgan fingerprint density at radius 2 is 1.95 bits per heavy atom. The standard InChI is InChI=1S/C16H13ClN2OS/c1-9-5-3-4-6-11(9)15(20)19-16-18-14-10(2)12(17)7-8-13(14)21-16/h3-8H,1-2H3,(H,18,19,20). The predicted molar refractivity (Wildman–Crippen MR) is 88.5 cm³/mol. The average Bonchev–Trinajstić information content (AvgIpc) is 2.87. The van der Waals surface area contributed by atoms with Gasteiger partial charge in [-0.1, -0.05) is 41.1 Å². The molecule has 1 heterocycles. The summed E-state index contributed by atoms with van der Waals surface area (Å²) in [5.41, 5.74) is 3.37. The van der Waals surface area contributed by atoms with Crippen molar-refractivity contribution < 1.29 is 4.79 Å². The minimum absolute atomic E-state index is 0.143. The second-order valence-corrected chi connectivity index (χ2v) is 6.25. The zero-order valence-corrected chi connectivity index (χ0v) is 13.2. The lowest BCUT2D eigenvalue weighted by Gasteiger charge is -2.04. The number of thiazole rings is 1. The third kappa shape index (κ3) is 2.64. The number of carbonyl (C=O) groups excluding carboxylic acids is 1. The molecule has 3 aromatic rings. The van der Waals surface area contributed by atoms with E-state index in [0.717, 1.165) is 21.3 Å². The fraction of sp³-hybridized carbons (Fsp3) is 0.125. The van der Waals surface area contributed by atoms with Crippen LogP contribution in [0.25, 0.3) is 10.2 Å². The molecule has 0 atom stereocenters. The zero-order valence-electron chi connectivity index (χ0n) is 11.6. The Labute approximate surface area is 131 Å². The summed E-state index contributed by atoms with van der Waals surface area (Å²) in [6, 6.07) is 11.3. The molecule has 2 aromatic carbocycles. The van der Waals surface area contributed by atoms with Crippen molar-refractivity contribution in [3.05, 3.63) is 58.1 Å². The summed E-state index contributed by atoms with van der Waals surface area (Å²) < 4.78 is 1.01. The molecule has 1 aromatic heterocycles. The number of nitrogens with one attached hydrogen (secondary N) is 1. The Kier molecular flexibility index (Phi) is 3.66. The van der Waals surface area contributed by atoms with E-state index >= 15 is 0 Å². The molecule has 3 nitrogen and oxygen atoms in total. The molecule has 106 valence electrons. The topological polar surface area (TPSA) is 42.0 Å². The van der Waals surface area contributed by atoms with Crippen LogP contribution in [-0.2, 0) is 0 Å². The molecule has 0 aliphatic heterocycles. The monoisotopic (exact) mass is 316 g/mol. The van der Waals surface area contributed by atoms with Crippen LogP contribution >= 0.6 is 22.9 Å². The number of anilines is 1. The molecule has 0 unspecified atom stereocenters. The fourth-order valence-electron chi connectivity index (χ4n) is 2.15. The first-order chi connectivity index (χ1) is 10.1. The average molecular weight is 317 g/mol. The van der Waals surface area contributed by atoms with E-state index in [4.69, 9.17) is 11.6 Å².